The molecule has 0 saturated heterocycles. The molecule has 0 aromatic heterocycles. The molecule has 4 nitrogen and oxygen atoms in total. The van der Waals surface area contributed by atoms with Gasteiger partial charge in [0.2, 0.25) is 0 Å². The molecule has 0 unspecified atom stereocenters. The summed E-state index contributed by atoms with van der Waals surface area (Å²) in [4.78, 5) is 13.7. The van der Waals surface area contributed by atoms with Gasteiger partial charge in [0.15, 0.2) is 0 Å². The molecule has 0 atom stereocenters. The summed E-state index contributed by atoms with van der Waals surface area (Å²) in [5, 5.41) is 8.70. The van der Waals surface area contributed by atoms with Crippen LogP contribution in [0.4, 0.5) is 4.79 Å². The van der Waals surface area contributed by atoms with Gasteiger partial charge in [0.1, 0.15) is 5.60 Å². The number of rotatable bonds is 2. The predicted octanol–water partition coefficient (Wildman–Crippen LogP) is 2.80. The number of hydrogen-bond acceptors (Lipinski definition) is 3. The summed E-state index contributed by atoms with van der Waals surface area (Å²) < 4.78 is 5.39. The van der Waals surface area contributed by atoms with Gasteiger partial charge in [-0.25, -0.2) is 4.79 Å². The highest BCUT2D eigenvalue weighted by Gasteiger charge is 2.28. The topological polar surface area (TPSA) is 49.8 Å². The normalized spacial score (nSPS) is 22.6. The summed E-state index contributed by atoms with van der Waals surface area (Å²) in [5.74, 6) is 6.61. The number of hydrogen-bond donors (Lipinski definition) is 1. The van der Waals surface area contributed by atoms with Crippen LogP contribution in [0.25, 0.3) is 0 Å². The summed E-state index contributed by atoms with van der Waals surface area (Å²) in [6.07, 6.45) is 4.26. The van der Waals surface area contributed by atoms with E-state index in [1.807, 2.05) is 27.8 Å². The maximum atomic E-state index is 12.0. The van der Waals surface area contributed by atoms with Crippen LogP contribution in [0.5, 0.6) is 0 Å². The first-order chi connectivity index (χ1) is 9.33. The van der Waals surface area contributed by atoms with Crippen LogP contribution < -0.4 is 0 Å². The number of nitrogens with zero attached hydrogens (tertiary/aromatic N) is 1. The largest absolute Gasteiger partial charge is 0.444 e. The molecular formula is C16H27NO3. The number of ether oxygens (including phenoxy) is 1. The highest BCUT2D eigenvalue weighted by atomic mass is 16.6. The van der Waals surface area contributed by atoms with Gasteiger partial charge in [0.05, 0.1) is 6.61 Å². The lowest BCUT2D eigenvalue weighted by atomic mass is 9.86. The van der Waals surface area contributed by atoms with Crippen molar-refractivity contribution in [3.8, 4) is 11.8 Å². The number of carbonyl (C=O) groups is 1. The average Bonchev–Trinajstić information content (AvgIpc) is 2.37. The Labute approximate surface area is 122 Å². The van der Waals surface area contributed by atoms with Crippen molar-refractivity contribution in [1.82, 2.24) is 4.90 Å². The van der Waals surface area contributed by atoms with Gasteiger partial charge in [-0.05, 0) is 46.5 Å². The fourth-order valence-corrected chi connectivity index (χ4v) is 2.36. The first-order valence-corrected chi connectivity index (χ1v) is 7.38. The Kier molecular flexibility index (Phi) is 6.35. The molecule has 0 aliphatic heterocycles. The summed E-state index contributed by atoms with van der Waals surface area (Å²) in [5.41, 5.74) is -0.446. The standard InChI is InChI=1S/C16H27NO3/c1-16(2,3)20-15(19)17(4)14-10-8-13(9-11-14)7-5-6-12-18/h13-14,18H,6,8-12H2,1-4H3/t13-,14-. The SMILES string of the molecule is CN(C(=O)OC(C)(C)C)[C@H]1CC[C@H](C#CCCO)CC1. The van der Waals surface area contributed by atoms with E-state index in [2.05, 4.69) is 11.8 Å². The second kappa shape index (κ2) is 7.54. The predicted molar refractivity (Wildman–Crippen MR) is 79.2 cm³/mol. The second-order valence-electron chi connectivity index (χ2n) is 6.39. The molecule has 1 rings (SSSR count). The minimum Gasteiger partial charge on any atom is -0.444 e. The molecule has 1 N–H and O–H groups in total. The van der Waals surface area contributed by atoms with Gasteiger partial charge in [-0.1, -0.05) is 5.92 Å². The van der Waals surface area contributed by atoms with Crippen LogP contribution in [0.3, 0.4) is 0 Å². The monoisotopic (exact) mass is 281 g/mol. The van der Waals surface area contributed by atoms with Gasteiger partial charge in [-0.15, -0.1) is 5.92 Å². The molecule has 1 saturated carbocycles. The molecule has 1 aliphatic carbocycles. The molecule has 0 radical (unpaired) electrons. The molecule has 20 heavy (non-hydrogen) atoms. The summed E-state index contributed by atoms with van der Waals surface area (Å²) >= 11 is 0. The van der Waals surface area contributed by atoms with E-state index in [1.54, 1.807) is 4.90 Å². The van der Waals surface area contributed by atoms with Crippen LogP contribution >= 0.6 is 0 Å². The van der Waals surface area contributed by atoms with Crippen LogP contribution in [0.2, 0.25) is 0 Å². The molecule has 0 spiro atoms. The van der Waals surface area contributed by atoms with Gasteiger partial charge in [0, 0.05) is 25.4 Å². The lowest BCUT2D eigenvalue weighted by molar-refractivity contribution is 0.0180. The Balaban J connectivity index is 2.41. The van der Waals surface area contributed by atoms with E-state index in [1.165, 1.54) is 0 Å². The Morgan fingerprint density at radius 1 is 1.30 bits per heavy atom. The van der Waals surface area contributed by atoms with Crippen LogP contribution in [0.1, 0.15) is 52.9 Å². The highest BCUT2D eigenvalue weighted by molar-refractivity contribution is 5.68. The third-order valence-electron chi connectivity index (χ3n) is 3.47. The Morgan fingerprint density at radius 2 is 1.90 bits per heavy atom. The molecule has 0 heterocycles. The van der Waals surface area contributed by atoms with Crippen LogP contribution in [-0.4, -0.2) is 41.4 Å². The highest BCUT2D eigenvalue weighted by Crippen LogP contribution is 2.27. The maximum absolute atomic E-state index is 12.0. The summed E-state index contributed by atoms with van der Waals surface area (Å²) in [6, 6.07) is 0.251. The van der Waals surface area contributed by atoms with Gasteiger partial charge in [-0.3, -0.25) is 0 Å². The number of aliphatic hydroxyl groups excluding tert-OH is 1. The van der Waals surface area contributed by atoms with E-state index >= 15 is 0 Å². The van der Waals surface area contributed by atoms with Crippen LogP contribution in [0, 0.1) is 17.8 Å². The summed E-state index contributed by atoms with van der Waals surface area (Å²) in [6.45, 7) is 5.77. The van der Waals surface area contributed by atoms with Crippen molar-refractivity contribution in [3.63, 3.8) is 0 Å². The number of amides is 1. The minimum atomic E-state index is -0.446. The Hall–Kier alpha value is -1.21. The third kappa shape index (κ3) is 5.83. The second-order valence-corrected chi connectivity index (χ2v) is 6.39. The average molecular weight is 281 g/mol. The van der Waals surface area contributed by atoms with Crippen molar-refractivity contribution in [1.29, 1.82) is 0 Å². The van der Waals surface area contributed by atoms with E-state index in [0.717, 1.165) is 25.7 Å². The molecular weight excluding hydrogens is 254 g/mol. The van der Waals surface area contributed by atoms with Crippen molar-refractivity contribution in [2.45, 2.75) is 64.5 Å². The van der Waals surface area contributed by atoms with Crippen molar-refractivity contribution < 1.29 is 14.6 Å². The van der Waals surface area contributed by atoms with E-state index in [0.29, 0.717) is 12.3 Å². The van der Waals surface area contributed by atoms with Gasteiger partial charge < -0.3 is 14.7 Å². The van der Waals surface area contributed by atoms with Crippen molar-refractivity contribution >= 4 is 6.09 Å². The first kappa shape index (κ1) is 16.8. The van der Waals surface area contributed by atoms with Crippen molar-refractivity contribution in [2.75, 3.05) is 13.7 Å². The minimum absolute atomic E-state index is 0.129. The Bertz CT molecular complexity index is 367. The fourth-order valence-electron chi connectivity index (χ4n) is 2.36. The zero-order valence-corrected chi connectivity index (χ0v) is 13.1. The first-order valence-electron chi connectivity index (χ1n) is 7.38. The Morgan fingerprint density at radius 3 is 2.40 bits per heavy atom. The van der Waals surface area contributed by atoms with Gasteiger partial charge >= 0.3 is 6.09 Å². The molecule has 1 amide bonds. The third-order valence-corrected chi connectivity index (χ3v) is 3.47. The molecule has 1 fully saturated rings. The molecule has 0 bridgehead atoms. The van der Waals surface area contributed by atoms with E-state index < -0.39 is 5.60 Å². The molecule has 4 heteroatoms. The quantitative estimate of drug-likeness (QED) is 0.792. The van der Waals surface area contributed by atoms with Gasteiger partial charge in [-0.2, -0.15) is 0 Å². The van der Waals surface area contributed by atoms with Crippen molar-refractivity contribution in [3.05, 3.63) is 0 Å². The molecule has 0 aromatic carbocycles. The van der Waals surface area contributed by atoms with Gasteiger partial charge in [0.25, 0.3) is 0 Å². The molecule has 0 aromatic rings. The van der Waals surface area contributed by atoms with E-state index in [9.17, 15) is 4.79 Å². The lowest BCUT2D eigenvalue weighted by Gasteiger charge is -2.34. The molecule has 114 valence electrons. The van der Waals surface area contributed by atoms with Crippen LogP contribution in [0.15, 0.2) is 0 Å². The number of carbonyl (C=O) groups excluding carboxylic acids is 1. The number of aliphatic hydroxyl groups is 1. The van der Waals surface area contributed by atoms with E-state index in [-0.39, 0.29) is 18.7 Å². The van der Waals surface area contributed by atoms with Crippen LogP contribution in [-0.2, 0) is 4.74 Å². The maximum Gasteiger partial charge on any atom is 0.410 e. The fraction of sp³-hybridized carbons (Fsp3) is 0.812. The van der Waals surface area contributed by atoms with Crippen molar-refractivity contribution in [2.24, 2.45) is 5.92 Å². The zero-order valence-electron chi connectivity index (χ0n) is 13.1. The zero-order chi connectivity index (χ0) is 15.2. The summed E-state index contributed by atoms with van der Waals surface area (Å²) in [7, 11) is 1.82. The lowest BCUT2D eigenvalue weighted by Crippen LogP contribution is -2.42. The molecule has 1 aliphatic rings. The van der Waals surface area contributed by atoms with E-state index in [4.69, 9.17) is 9.84 Å². The smallest absolute Gasteiger partial charge is 0.410 e.